The molecule has 1 saturated heterocycles. The van der Waals surface area contributed by atoms with Gasteiger partial charge in [-0.3, -0.25) is 9.89 Å². The summed E-state index contributed by atoms with van der Waals surface area (Å²) in [4.78, 5) is 11.8. The molecule has 6 heteroatoms. The lowest BCUT2D eigenvalue weighted by Crippen LogP contribution is -2.53. The molecule has 2 N–H and O–H groups in total. The molecule has 0 aromatic heterocycles. The summed E-state index contributed by atoms with van der Waals surface area (Å²) in [5.74, 6) is 2.34. The molecule has 0 radical (unpaired) electrons. The number of nitrogens with one attached hydrogen (secondary N) is 1. The van der Waals surface area contributed by atoms with E-state index < -0.39 is 0 Å². The number of aliphatic imine (C=N–C) groups is 1. The minimum absolute atomic E-state index is 0.365. The second-order valence-corrected chi connectivity index (χ2v) is 8.11. The molecule has 0 atom stereocenters. The number of rotatable bonds is 7. The van der Waals surface area contributed by atoms with Crippen molar-refractivity contribution in [3.63, 3.8) is 0 Å². The number of nitrogens with zero attached hydrogens (tertiary/aromatic N) is 4. The number of benzene rings is 1. The predicted molar refractivity (Wildman–Crippen MR) is 111 cm³/mol. The number of phenolic OH excluding ortho intramolecular Hbond substituents is 1. The van der Waals surface area contributed by atoms with E-state index in [1.54, 1.807) is 6.07 Å². The number of piperazine rings is 1. The Hall–Kier alpha value is -1.95. The molecule has 148 valence electrons. The van der Waals surface area contributed by atoms with Crippen LogP contribution in [0.2, 0.25) is 0 Å². The zero-order valence-electron chi connectivity index (χ0n) is 16.5. The minimum atomic E-state index is 0.365. The van der Waals surface area contributed by atoms with Crippen molar-refractivity contribution in [2.24, 2.45) is 10.9 Å². The third-order valence-corrected chi connectivity index (χ3v) is 5.95. The zero-order chi connectivity index (χ0) is 18.6. The fourth-order valence-corrected chi connectivity index (χ4v) is 4.03. The first-order valence-corrected chi connectivity index (χ1v) is 10.5. The average Bonchev–Trinajstić information content (AvgIpc) is 3.59. The van der Waals surface area contributed by atoms with Gasteiger partial charge in [0, 0.05) is 58.9 Å². The molecular weight excluding hydrogens is 338 g/mol. The predicted octanol–water partition coefficient (Wildman–Crippen LogP) is 1.96. The van der Waals surface area contributed by atoms with Crippen LogP contribution < -0.4 is 10.2 Å². The van der Waals surface area contributed by atoms with Gasteiger partial charge in [-0.05, 0) is 43.7 Å². The van der Waals surface area contributed by atoms with E-state index in [9.17, 15) is 5.11 Å². The largest absolute Gasteiger partial charge is 0.506 e. The Kier molecular flexibility index (Phi) is 5.72. The van der Waals surface area contributed by atoms with E-state index in [1.165, 1.54) is 32.2 Å². The van der Waals surface area contributed by atoms with Crippen molar-refractivity contribution in [1.29, 1.82) is 0 Å². The molecule has 3 fully saturated rings. The van der Waals surface area contributed by atoms with Crippen LogP contribution in [-0.4, -0.2) is 79.8 Å². The van der Waals surface area contributed by atoms with E-state index in [-0.39, 0.29) is 0 Å². The number of para-hydroxylation sites is 2. The molecular formula is C21H33N5O. The van der Waals surface area contributed by atoms with Crippen molar-refractivity contribution >= 4 is 11.6 Å². The zero-order valence-corrected chi connectivity index (χ0v) is 16.5. The molecule has 4 rings (SSSR count). The number of aromatic hydroxyl groups is 1. The molecule has 1 aromatic rings. The van der Waals surface area contributed by atoms with Crippen LogP contribution in [0.4, 0.5) is 5.69 Å². The van der Waals surface area contributed by atoms with Crippen LogP contribution in [0.15, 0.2) is 29.3 Å². The van der Waals surface area contributed by atoms with E-state index in [4.69, 9.17) is 0 Å². The topological polar surface area (TPSA) is 54.3 Å². The van der Waals surface area contributed by atoms with Crippen molar-refractivity contribution in [2.45, 2.75) is 31.7 Å². The Balaban J connectivity index is 1.23. The van der Waals surface area contributed by atoms with Crippen molar-refractivity contribution < 1.29 is 5.11 Å². The highest BCUT2D eigenvalue weighted by Crippen LogP contribution is 2.34. The first-order valence-electron chi connectivity index (χ1n) is 10.5. The number of hydrogen-bond acceptors (Lipinski definition) is 4. The number of guanidine groups is 1. The normalized spacial score (nSPS) is 21.0. The second kappa shape index (κ2) is 8.38. The molecule has 1 heterocycles. The van der Waals surface area contributed by atoms with Gasteiger partial charge >= 0.3 is 0 Å². The Bertz CT molecular complexity index is 648. The van der Waals surface area contributed by atoms with Gasteiger partial charge in [0.1, 0.15) is 5.75 Å². The molecule has 6 nitrogen and oxygen atoms in total. The monoisotopic (exact) mass is 371 g/mol. The summed E-state index contributed by atoms with van der Waals surface area (Å²) >= 11 is 0. The van der Waals surface area contributed by atoms with Gasteiger partial charge < -0.3 is 20.2 Å². The Morgan fingerprint density at radius 2 is 1.89 bits per heavy atom. The van der Waals surface area contributed by atoms with E-state index >= 15 is 0 Å². The van der Waals surface area contributed by atoms with Crippen LogP contribution in [0.3, 0.4) is 0 Å². The van der Waals surface area contributed by atoms with Crippen molar-refractivity contribution in [3.05, 3.63) is 24.3 Å². The standard InChI is InChI=1S/C21H33N5O/c1-22-21(23-10-11-26(18-8-9-18)16-17-6-7-17)25-14-12-24(13-15-25)19-4-2-3-5-20(19)27/h2-5,17-18,27H,6-16H2,1H3,(H,22,23). The summed E-state index contributed by atoms with van der Waals surface area (Å²) in [5, 5.41) is 13.7. The van der Waals surface area contributed by atoms with Crippen LogP contribution >= 0.6 is 0 Å². The van der Waals surface area contributed by atoms with Gasteiger partial charge in [0.15, 0.2) is 5.96 Å². The van der Waals surface area contributed by atoms with Crippen LogP contribution in [0, 0.1) is 5.92 Å². The lowest BCUT2D eigenvalue weighted by atomic mass is 10.2. The third-order valence-electron chi connectivity index (χ3n) is 5.95. The molecule has 0 bridgehead atoms. The maximum absolute atomic E-state index is 10.1. The van der Waals surface area contributed by atoms with Crippen LogP contribution in [-0.2, 0) is 0 Å². The summed E-state index contributed by atoms with van der Waals surface area (Å²) in [5.41, 5.74) is 0.931. The van der Waals surface area contributed by atoms with Crippen LogP contribution in [0.1, 0.15) is 25.7 Å². The summed E-state index contributed by atoms with van der Waals surface area (Å²) in [6.45, 7) is 7.02. The third kappa shape index (κ3) is 4.86. The molecule has 0 amide bonds. The molecule has 2 aliphatic carbocycles. The van der Waals surface area contributed by atoms with E-state index in [0.717, 1.165) is 62.9 Å². The van der Waals surface area contributed by atoms with E-state index in [0.29, 0.717) is 5.75 Å². The molecule has 0 spiro atoms. The lowest BCUT2D eigenvalue weighted by Gasteiger charge is -2.38. The maximum atomic E-state index is 10.1. The Morgan fingerprint density at radius 3 is 2.52 bits per heavy atom. The first kappa shape index (κ1) is 18.4. The lowest BCUT2D eigenvalue weighted by molar-refractivity contribution is 0.255. The van der Waals surface area contributed by atoms with E-state index in [1.807, 2.05) is 25.2 Å². The Labute approximate surface area is 162 Å². The quantitative estimate of drug-likeness (QED) is 0.567. The van der Waals surface area contributed by atoms with Gasteiger partial charge in [-0.1, -0.05) is 12.1 Å². The molecule has 2 saturated carbocycles. The van der Waals surface area contributed by atoms with Gasteiger partial charge in [-0.2, -0.15) is 0 Å². The second-order valence-electron chi connectivity index (χ2n) is 8.11. The molecule has 27 heavy (non-hydrogen) atoms. The molecule has 1 aliphatic heterocycles. The average molecular weight is 372 g/mol. The summed E-state index contributed by atoms with van der Waals surface area (Å²) in [6.07, 6.45) is 5.63. The maximum Gasteiger partial charge on any atom is 0.193 e. The fraction of sp³-hybridized carbons (Fsp3) is 0.667. The highest BCUT2D eigenvalue weighted by Gasteiger charge is 2.33. The van der Waals surface area contributed by atoms with Gasteiger partial charge in [-0.25, -0.2) is 0 Å². The highest BCUT2D eigenvalue weighted by atomic mass is 16.3. The summed E-state index contributed by atoms with van der Waals surface area (Å²) in [7, 11) is 1.88. The van der Waals surface area contributed by atoms with Gasteiger partial charge in [0.05, 0.1) is 5.69 Å². The van der Waals surface area contributed by atoms with Gasteiger partial charge in [-0.15, -0.1) is 0 Å². The summed E-state index contributed by atoms with van der Waals surface area (Å²) in [6, 6.07) is 8.45. The highest BCUT2D eigenvalue weighted by molar-refractivity contribution is 5.80. The first-order chi connectivity index (χ1) is 13.2. The molecule has 0 unspecified atom stereocenters. The van der Waals surface area contributed by atoms with Crippen molar-refractivity contribution in [1.82, 2.24) is 15.1 Å². The number of hydrogen-bond donors (Lipinski definition) is 2. The smallest absolute Gasteiger partial charge is 0.193 e. The number of phenols is 1. The van der Waals surface area contributed by atoms with Crippen molar-refractivity contribution in [3.8, 4) is 5.75 Å². The van der Waals surface area contributed by atoms with E-state index in [2.05, 4.69) is 25.0 Å². The van der Waals surface area contributed by atoms with Gasteiger partial charge in [0.2, 0.25) is 0 Å². The number of anilines is 1. The minimum Gasteiger partial charge on any atom is -0.506 e. The SMILES string of the molecule is CN=C(NCCN(CC1CC1)C1CC1)N1CCN(c2ccccc2O)CC1. The van der Waals surface area contributed by atoms with Crippen molar-refractivity contribution in [2.75, 3.05) is 57.8 Å². The summed E-state index contributed by atoms with van der Waals surface area (Å²) < 4.78 is 0. The molecule has 3 aliphatic rings. The van der Waals surface area contributed by atoms with Crippen LogP contribution in [0.5, 0.6) is 5.75 Å². The Morgan fingerprint density at radius 1 is 1.15 bits per heavy atom. The van der Waals surface area contributed by atoms with Gasteiger partial charge in [0.25, 0.3) is 0 Å². The molecule has 1 aromatic carbocycles. The van der Waals surface area contributed by atoms with Crippen LogP contribution in [0.25, 0.3) is 0 Å². The fourth-order valence-electron chi connectivity index (χ4n) is 4.03.